The van der Waals surface area contributed by atoms with E-state index < -0.39 is 0 Å². The van der Waals surface area contributed by atoms with E-state index in [1.807, 2.05) is 4.57 Å². The molecule has 4 heteroatoms. The number of nitrogens with one attached hydrogen (secondary N) is 1. The number of aryl methyl sites for hydroxylation is 1. The molecule has 94 valence electrons. The Morgan fingerprint density at radius 3 is 3.12 bits per heavy atom. The molecule has 1 aromatic heterocycles. The van der Waals surface area contributed by atoms with E-state index in [1.165, 1.54) is 31.1 Å². The molecule has 1 aliphatic rings. The number of carbonyl (C=O) groups is 1. The second kappa shape index (κ2) is 5.36. The van der Waals surface area contributed by atoms with Crippen LogP contribution in [0.15, 0.2) is 12.4 Å². The van der Waals surface area contributed by atoms with Crippen LogP contribution in [0.4, 0.5) is 0 Å². The summed E-state index contributed by atoms with van der Waals surface area (Å²) in [5, 5.41) is 3.49. The summed E-state index contributed by atoms with van der Waals surface area (Å²) >= 11 is 0. The van der Waals surface area contributed by atoms with Gasteiger partial charge in [0.15, 0.2) is 0 Å². The van der Waals surface area contributed by atoms with E-state index in [9.17, 15) is 4.79 Å². The van der Waals surface area contributed by atoms with Gasteiger partial charge in [-0.25, -0.2) is 0 Å². The van der Waals surface area contributed by atoms with Gasteiger partial charge in [-0.1, -0.05) is 6.92 Å². The molecule has 4 nitrogen and oxygen atoms in total. The molecular formula is C13H20N2O2. The van der Waals surface area contributed by atoms with Crippen LogP contribution in [0.5, 0.6) is 0 Å². The molecule has 17 heavy (non-hydrogen) atoms. The molecule has 0 bridgehead atoms. The van der Waals surface area contributed by atoms with Crippen molar-refractivity contribution in [1.82, 2.24) is 9.88 Å². The molecule has 1 aliphatic carbocycles. The van der Waals surface area contributed by atoms with Crippen molar-refractivity contribution in [3.8, 4) is 0 Å². The number of fused-ring (bicyclic) bond motifs is 1. The Morgan fingerprint density at radius 2 is 2.41 bits per heavy atom. The van der Waals surface area contributed by atoms with Crippen LogP contribution >= 0.6 is 0 Å². The van der Waals surface area contributed by atoms with Gasteiger partial charge in [-0.15, -0.1) is 0 Å². The van der Waals surface area contributed by atoms with Gasteiger partial charge in [0.2, 0.25) is 0 Å². The second-order valence-corrected chi connectivity index (χ2v) is 4.49. The lowest BCUT2D eigenvalue weighted by atomic mass is 9.91. The molecular weight excluding hydrogens is 216 g/mol. The fraction of sp³-hybridized carbons (Fsp3) is 0.615. The van der Waals surface area contributed by atoms with Gasteiger partial charge in [0.05, 0.1) is 7.11 Å². The van der Waals surface area contributed by atoms with Gasteiger partial charge in [0.1, 0.15) is 6.54 Å². The second-order valence-electron chi connectivity index (χ2n) is 4.49. The van der Waals surface area contributed by atoms with Gasteiger partial charge >= 0.3 is 5.97 Å². The minimum absolute atomic E-state index is 0.197. The zero-order valence-corrected chi connectivity index (χ0v) is 10.5. The lowest BCUT2D eigenvalue weighted by Gasteiger charge is -2.22. The number of hydrogen-bond donors (Lipinski definition) is 1. The van der Waals surface area contributed by atoms with Gasteiger partial charge in [-0.05, 0) is 36.9 Å². The highest BCUT2D eigenvalue weighted by Crippen LogP contribution is 2.30. The third-order valence-electron chi connectivity index (χ3n) is 3.30. The van der Waals surface area contributed by atoms with Gasteiger partial charge in [0, 0.05) is 18.4 Å². The van der Waals surface area contributed by atoms with Crippen LogP contribution in [0.1, 0.15) is 36.9 Å². The molecule has 1 heterocycles. The van der Waals surface area contributed by atoms with Crippen LogP contribution < -0.4 is 5.32 Å². The first kappa shape index (κ1) is 12.2. The van der Waals surface area contributed by atoms with Gasteiger partial charge in [0.25, 0.3) is 0 Å². The van der Waals surface area contributed by atoms with Crippen LogP contribution in [0.2, 0.25) is 0 Å². The molecule has 0 amide bonds. The maximum absolute atomic E-state index is 11.2. The van der Waals surface area contributed by atoms with Crippen molar-refractivity contribution < 1.29 is 9.53 Å². The van der Waals surface area contributed by atoms with E-state index in [0.29, 0.717) is 12.6 Å². The zero-order valence-electron chi connectivity index (χ0n) is 10.5. The normalized spacial score (nSPS) is 18.8. The predicted molar refractivity (Wildman–Crippen MR) is 65.8 cm³/mol. The lowest BCUT2D eigenvalue weighted by Crippen LogP contribution is -2.23. The van der Waals surface area contributed by atoms with Crippen molar-refractivity contribution in [1.29, 1.82) is 0 Å². The summed E-state index contributed by atoms with van der Waals surface area (Å²) < 4.78 is 6.62. The summed E-state index contributed by atoms with van der Waals surface area (Å²) in [6.45, 7) is 3.41. The Kier molecular flexibility index (Phi) is 3.84. The Bertz CT molecular complexity index is 398. The Hall–Kier alpha value is -1.29. The van der Waals surface area contributed by atoms with E-state index >= 15 is 0 Å². The topological polar surface area (TPSA) is 43.3 Å². The molecule has 0 fully saturated rings. The van der Waals surface area contributed by atoms with E-state index in [1.54, 1.807) is 0 Å². The summed E-state index contributed by atoms with van der Waals surface area (Å²) in [4.78, 5) is 11.2. The van der Waals surface area contributed by atoms with Crippen LogP contribution in [-0.2, 0) is 22.5 Å². The summed E-state index contributed by atoms with van der Waals surface area (Å²) in [5.41, 5.74) is 2.72. The highest BCUT2D eigenvalue weighted by Gasteiger charge is 2.21. The largest absolute Gasteiger partial charge is 0.468 e. The lowest BCUT2D eigenvalue weighted by molar-refractivity contribution is -0.141. The Morgan fingerprint density at radius 1 is 1.59 bits per heavy atom. The molecule has 1 N–H and O–H groups in total. The van der Waals surface area contributed by atoms with Gasteiger partial charge in [-0.3, -0.25) is 4.79 Å². The summed E-state index contributed by atoms with van der Waals surface area (Å²) in [6.07, 6.45) is 7.68. The van der Waals surface area contributed by atoms with Gasteiger partial charge in [-0.2, -0.15) is 0 Å². The summed E-state index contributed by atoms with van der Waals surface area (Å²) in [7, 11) is 1.42. The average Bonchev–Trinajstić information content (AvgIpc) is 2.72. The number of hydrogen-bond acceptors (Lipinski definition) is 3. The smallest absolute Gasteiger partial charge is 0.325 e. The minimum Gasteiger partial charge on any atom is -0.468 e. The van der Waals surface area contributed by atoms with E-state index in [4.69, 9.17) is 0 Å². The molecule has 0 aromatic carbocycles. The number of esters is 1. The van der Waals surface area contributed by atoms with Crippen molar-refractivity contribution in [3.05, 3.63) is 23.5 Å². The molecule has 1 aromatic rings. The maximum Gasteiger partial charge on any atom is 0.325 e. The summed E-state index contributed by atoms with van der Waals surface area (Å²) in [6, 6.07) is 0.447. The molecule has 0 spiro atoms. The first-order valence-electron chi connectivity index (χ1n) is 6.23. The number of carbonyl (C=O) groups excluding carboxylic acids is 1. The number of rotatable bonds is 4. The summed E-state index contributed by atoms with van der Waals surface area (Å²) in [5.74, 6) is -0.197. The number of methoxy groups -OCH3 is 1. The third-order valence-corrected chi connectivity index (χ3v) is 3.30. The highest BCUT2D eigenvalue weighted by atomic mass is 16.5. The van der Waals surface area contributed by atoms with Crippen molar-refractivity contribution in [3.63, 3.8) is 0 Å². The first-order valence-corrected chi connectivity index (χ1v) is 6.23. The maximum atomic E-state index is 11.2. The predicted octanol–water partition coefficient (Wildman–Crippen LogP) is 1.65. The molecule has 1 atom stereocenters. The van der Waals surface area contributed by atoms with Crippen molar-refractivity contribution in [2.24, 2.45) is 0 Å². The van der Waals surface area contributed by atoms with Crippen molar-refractivity contribution >= 4 is 5.97 Å². The van der Waals surface area contributed by atoms with Crippen LogP contribution in [0.3, 0.4) is 0 Å². The van der Waals surface area contributed by atoms with Crippen LogP contribution in [0, 0.1) is 0 Å². The van der Waals surface area contributed by atoms with E-state index in [0.717, 1.165) is 13.0 Å². The molecule has 1 unspecified atom stereocenters. The number of aromatic nitrogens is 1. The fourth-order valence-electron chi connectivity index (χ4n) is 2.51. The monoisotopic (exact) mass is 236 g/mol. The Labute approximate surface area is 102 Å². The number of nitrogens with zero attached hydrogens (tertiary/aromatic N) is 1. The van der Waals surface area contributed by atoms with E-state index in [-0.39, 0.29) is 5.97 Å². The highest BCUT2D eigenvalue weighted by molar-refractivity contribution is 5.69. The standard InChI is InChI=1S/C13H20N2O2/c1-3-14-12-6-4-5-10-7-15(8-11(10)12)9-13(16)17-2/h7-8,12,14H,3-6,9H2,1-2H3. The van der Waals surface area contributed by atoms with Crippen LogP contribution in [-0.4, -0.2) is 24.2 Å². The molecule has 2 rings (SSSR count). The van der Waals surface area contributed by atoms with E-state index in [2.05, 4.69) is 29.4 Å². The van der Waals surface area contributed by atoms with Crippen molar-refractivity contribution in [2.75, 3.05) is 13.7 Å². The zero-order chi connectivity index (χ0) is 12.3. The third kappa shape index (κ3) is 2.69. The Balaban J connectivity index is 2.15. The molecule has 0 saturated heterocycles. The number of ether oxygens (including phenoxy) is 1. The van der Waals surface area contributed by atoms with Crippen molar-refractivity contribution in [2.45, 2.75) is 38.8 Å². The molecule has 0 saturated carbocycles. The first-order chi connectivity index (χ1) is 8.24. The quantitative estimate of drug-likeness (QED) is 0.808. The van der Waals surface area contributed by atoms with Gasteiger partial charge < -0.3 is 14.6 Å². The fourth-order valence-corrected chi connectivity index (χ4v) is 2.51. The SMILES string of the molecule is CCNC1CCCc2cn(CC(=O)OC)cc21. The molecule has 0 aliphatic heterocycles. The average molecular weight is 236 g/mol. The van der Waals surface area contributed by atoms with Crippen LogP contribution in [0.25, 0.3) is 0 Å². The molecule has 0 radical (unpaired) electrons. The minimum atomic E-state index is -0.197.